The number of rotatable bonds is 4. The Morgan fingerprint density at radius 3 is 2.55 bits per heavy atom. The maximum absolute atomic E-state index is 13.1. The van der Waals surface area contributed by atoms with E-state index < -0.39 is 28.3 Å². The summed E-state index contributed by atoms with van der Waals surface area (Å²) < 4.78 is 38.8. The third-order valence-electron chi connectivity index (χ3n) is 5.55. The largest absolute Gasteiger partial charge is 0.454 e. The van der Waals surface area contributed by atoms with Crippen molar-refractivity contribution in [2.75, 3.05) is 13.3 Å². The molecule has 0 aliphatic carbocycles. The summed E-state index contributed by atoms with van der Waals surface area (Å²) in [6.45, 7) is 3.23. The minimum atomic E-state index is -4.05. The summed E-state index contributed by atoms with van der Waals surface area (Å²) in [5.41, 5.74) is 2.66. The van der Waals surface area contributed by atoms with Crippen molar-refractivity contribution in [1.29, 1.82) is 0 Å². The van der Waals surface area contributed by atoms with E-state index >= 15 is 0 Å². The average Bonchev–Trinajstić information content (AvgIpc) is 3.38. The van der Waals surface area contributed by atoms with Crippen molar-refractivity contribution in [3.63, 3.8) is 0 Å². The first-order valence-corrected chi connectivity index (χ1v) is 11.0. The van der Waals surface area contributed by atoms with Gasteiger partial charge >= 0.3 is 0 Å². The lowest BCUT2D eigenvalue weighted by Crippen LogP contribution is -2.35. The molecular formula is C22H18N2O6S. The Kier molecular flexibility index (Phi) is 4.19. The Bertz CT molecular complexity index is 1370. The van der Waals surface area contributed by atoms with E-state index in [0.717, 1.165) is 11.4 Å². The van der Waals surface area contributed by atoms with Crippen LogP contribution in [-0.4, -0.2) is 42.3 Å². The fraction of sp³-hybridized carbons (Fsp3) is 0.182. The Morgan fingerprint density at radius 2 is 1.77 bits per heavy atom. The number of nitrogens with zero attached hydrogens (tertiary/aromatic N) is 2. The molecule has 3 aromatic rings. The zero-order valence-corrected chi connectivity index (χ0v) is 17.6. The Labute approximate surface area is 178 Å². The van der Waals surface area contributed by atoms with E-state index in [1.165, 1.54) is 12.1 Å². The number of ether oxygens (including phenoxy) is 2. The van der Waals surface area contributed by atoms with Crippen LogP contribution in [0.3, 0.4) is 0 Å². The fourth-order valence-corrected chi connectivity index (χ4v) is 5.59. The molecule has 0 saturated carbocycles. The van der Waals surface area contributed by atoms with E-state index in [9.17, 15) is 18.0 Å². The van der Waals surface area contributed by atoms with Crippen molar-refractivity contribution in [3.05, 3.63) is 71.0 Å². The van der Waals surface area contributed by atoms with E-state index in [1.54, 1.807) is 31.2 Å². The molecule has 3 heterocycles. The molecule has 0 atom stereocenters. The molecule has 2 aliphatic heterocycles. The highest BCUT2D eigenvalue weighted by Gasteiger charge is 2.42. The molecule has 9 heteroatoms. The van der Waals surface area contributed by atoms with Crippen LogP contribution in [0.2, 0.25) is 0 Å². The second kappa shape index (κ2) is 6.71. The molecule has 158 valence electrons. The predicted molar refractivity (Wildman–Crippen MR) is 110 cm³/mol. The number of sulfonamides is 1. The Hall–Kier alpha value is -3.59. The van der Waals surface area contributed by atoms with Crippen LogP contribution in [0.25, 0.3) is 5.69 Å². The van der Waals surface area contributed by atoms with E-state index in [1.807, 2.05) is 23.6 Å². The first kappa shape index (κ1) is 19.4. The van der Waals surface area contributed by atoms with Gasteiger partial charge in [0.05, 0.1) is 5.56 Å². The lowest BCUT2D eigenvalue weighted by atomic mass is 10.1. The van der Waals surface area contributed by atoms with Crippen LogP contribution in [-0.2, 0) is 10.0 Å². The number of aryl methyl sites for hydroxylation is 1. The van der Waals surface area contributed by atoms with Crippen molar-refractivity contribution in [2.24, 2.45) is 0 Å². The van der Waals surface area contributed by atoms with Crippen molar-refractivity contribution >= 4 is 21.7 Å². The number of carbonyl (C=O) groups is 2. The van der Waals surface area contributed by atoms with Crippen LogP contribution in [0.1, 0.15) is 32.1 Å². The molecule has 0 spiro atoms. The Morgan fingerprint density at radius 1 is 1.03 bits per heavy atom. The number of Topliss-reactive ketones (excluding diaryl/α,β-unsaturated/α-hetero) is 1. The van der Waals surface area contributed by atoms with Crippen LogP contribution < -0.4 is 9.47 Å². The van der Waals surface area contributed by atoms with Gasteiger partial charge in [0.15, 0.2) is 17.3 Å². The molecule has 5 rings (SSSR count). The van der Waals surface area contributed by atoms with Crippen LogP contribution in [0, 0.1) is 13.8 Å². The van der Waals surface area contributed by atoms with E-state index in [0.29, 0.717) is 27.1 Å². The van der Waals surface area contributed by atoms with Crippen molar-refractivity contribution in [2.45, 2.75) is 18.7 Å². The monoisotopic (exact) mass is 438 g/mol. The topological polar surface area (TPSA) is 94.9 Å². The van der Waals surface area contributed by atoms with Crippen LogP contribution >= 0.6 is 0 Å². The number of fused-ring (bicyclic) bond motifs is 2. The highest BCUT2D eigenvalue weighted by Crippen LogP contribution is 2.35. The van der Waals surface area contributed by atoms with Gasteiger partial charge in [0, 0.05) is 28.7 Å². The number of carbonyl (C=O) groups excluding carboxylic acids is 2. The number of benzene rings is 2. The molecule has 2 aromatic carbocycles. The van der Waals surface area contributed by atoms with Crippen molar-refractivity contribution < 1.29 is 27.5 Å². The quantitative estimate of drug-likeness (QED) is 0.582. The van der Waals surface area contributed by atoms with Gasteiger partial charge in [0.1, 0.15) is 11.4 Å². The minimum absolute atomic E-state index is 0.0707. The molecular weight excluding hydrogens is 420 g/mol. The van der Waals surface area contributed by atoms with Crippen molar-refractivity contribution in [3.8, 4) is 17.2 Å². The highest BCUT2D eigenvalue weighted by molar-refractivity contribution is 7.90. The molecule has 0 unspecified atom stereocenters. The molecule has 1 aromatic heterocycles. The van der Waals surface area contributed by atoms with Gasteiger partial charge in [-0.05, 0) is 44.2 Å². The molecule has 31 heavy (non-hydrogen) atoms. The zero-order valence-electron chi connectivity index (χ0n) is 16.8. The third-order valence-corrected chi connectivity index (χ3v) is 7.33. The summed E-state index contributed by atoms with van der Waals surface area (Å²) in [5.74, 6) is 0.127. The Balaban J connectivity index is 1.48. The van der Waals surface area contributed by atoms with E-state index in [2.05, 4.69) is 0 Å². The minimum Gasteiger partial charge on any atom is -0.454 e. The number of hydrogen-bond donors (Lipinski definition) is 0. The summed E-state index contributed by atoms with van der Waals surface area (Å²) in [6.07, 6.45) is 0. The molecule has 1 amide bonds. The molecule has 2 aliphatic rings. The van der Waals surface area contributed by atoms with Gasteiger partial charge in [-0.1, -0.05) is 12.1 Å². The number of aromatic nitrogens is 1. The predicted octanol–water partition coefficient (Wildman–Crippen LogP) is 2.85. The maximum Gasteiger partial charge on any atom is 0.269 e. The number of hydrogen-bond acceptors (Lipinski definition) is 6. The third kappa shape index (κ3) is 2.84. The van der Waals surface area contributed by atoms with E-state index in [-0.39, 0.29) is 17.3 Å². The van der Waals surface area contributed by atoms with Gasteiger partial charge < -0.3 is 14.0 Å². The van der Waals surface area contributed by atoms with Crippen LogP contribution in [0.15, 0.2) is 53.4 Å². The zero-order chi connectivity index (χ0) is 21.9. The maximum atomic E-state index is 13.1. The van der Waals surface area contributed by atoms with Gasteiger partial charge in [0.25, 0.3) is 15.9 Å². The summed E-state index contributed by atoms with van der Waals surface area (Å²) in [7, 11) is -4.05. The number of ketones is 1. The first-order chi connectivity index (χ1) is 14.8. The molecule has 0 fully saturated rings. The second-order valence-corrected chi connectivity index (χ2v) is 9.22. The molecule has 0 N–H and O–H groups in total. The van der Waals surface area contributed by atoms with E-state index in [4.69, 9.17) is 9.47 Å². The molecule has 0 saturated heterocycles. The van der Waals surface area contributed by atoms with Crippen molar-refractivity contribution in [1.82, 2.24) is 8.87 Å². The lowest BCUT2D eigenvalue weighted by molar-refractivity contribution is 0.0820. The summed E-state index contributed by atoms with van der Waals surface area (Å²) in [6, 6.07) is 13.1. The molecule has 0 radical (unpaired) electrons. The van der Waals surface area contributed by atoms with Crippen LogP contribution in [0.5, 0.6) is 11.5 Å². The summed E-state index contributed by atoms with van der Waals surface area (Å²) >= 11 is 0. The normalized spacial score (nSPS) is 15.9. The van der Waals surface area contributed by atoms with Gasteiger partial charge in [-0.3, -0.25) is 9.59 Å². The SMILES string of the molecule is Cc1cc(C(=O)CN2C(=O)c3ccccc3S2(=O)=O)c(C)n1-c1ccc2c(c1)OCO2. The smallest absolute Gasteiger partial charge is 0.269 e. The van der Waals surface area contributed by atoms with Gasteiger partial charge in [-0.15, -0.1) is 0 Å². The number of amides is 1. The van der Waals surface area contributed by atoms with Crippen LogP contribution in [0.4, 0.5) is 0 Å². The van der Waals surface area contributed by atoms with Gasteiger partial charge in [-0.2, -0.15) is 0 Å². The van der Waals surface area contributed by atoms with Gasteiger partial charge in [-0.25, -0.2) is 12.7 Å². The highest BCUT2D eigenvalue weighted by atomic mass is 32.2. The molecule has 0 bridgehead atoms. The molecule has 8 nitrogen and oxygen atoms in total. The van der Waals surface area contributed by atoms with Gasteiger partial charge in [0.2, 0.25) is 6.79 Å². The fourth-order valence-electron chi connectivity index (χ4n) is 4.07. The standard InChI is InChI=1S/C22H18N2O6S/c1-13-9-17(14(2)24(13)15-7-8-19-20(10-15)30-12-29-19)18(25)11-23-22(26)16-5-3-4-6-21(16)31(23,27)28/h3-10H,11-12H2,1-2H3. The second-order valence-electron chi connectivity index (χ2n) is 7.39. The lowest BCUT2D eigenvalue weighted by Gasteiger charge is -2.14. The summed E-state index contributed by atoms with van der Waals surface area (Å²) in [4.78, 5) is 25.6. The summed E-state index contributed by atoms with van der Waals surface area (Å²) in [5, 5.41) is 0. The average molecular weight is 438 g/mol. The first-order valence-electron chi connectivity index (χ1n) is 9.57.